The number of aliphatic hydroxyl groups is 1. The van der Waals surface area contributed by atoms with E-state index in [9.17, 15) is 0 Å². The second-order valence-electron chi connectivity index (χ2n) is 3.69. The first-order valence-electron chi connectivity index (χ1n) is 4.76. The summed E-state index contributed by atoms with van der Waals surface area (Å²) in [5.74, 6) is 0. The summed E-state index contributed by atoms with van der Waals surface area (Å²) in [5, 5.41) is 9.05. The van der Waals surface area contributed by atoms with Gasteiger partial charge in [-0.1, -0.05) is 0 Å². The highest BCUT2D eigenvalue weighted by Crippen LogP contribution is 2.22. The van der Waals surface area contributed by atoms with Crippen molar-refractivity contribution in [3.05, 3.63) is 23.8 Å². The van der Waals surface area contributed by atoms with Crippen LogP contribution in [0.25, 0.3) is 0 Å². The van der Waals surface area contributed by atoms with Gasteiger partial charge in [-0.15, -0.1) is 0 Å². The van der Waals surface area contributed by atoms with E-state index >= 15 is 0 Å². The van der Waals surface area contributed by atoms with Crippen molar-refractivity contribution in [2.24, 2.45) is 0 Å². The molecule has 0 bridgehead atoms. The van der Waals surface area contributed by atoms with Gasteiger partial charge in [0.05, 0.1) is 6.61 Å². The van der Waals surface area contributed by atoms with Gasteiger partial charge >= 0.3 is 0 Å². The van der Waals surface area contributed by atoms with Crippen LogP contribution in [0.3, 0.4) is 0 Å². The molecular weight excluding hydrogens is 176 g/mol. The summed E-state index contributed by atoms with van der Waals surface area (Å²) in [6.07, 6.45) is 0. The third-order valence-corrected chi connectivity index (χ3v) is 2.53. The lowest BCUT2D eigenvalue weighted by Crippen LogP contribution is -2.32. The zero-order valence-corrected chi connectivity index (χ0v) is 8.99. The Morgan fingerprint density at radius 1 is 1.50 bits per heavy atom. The third-order valence-electron chi connectivity index (χ3n) is 2.53. The van der Waals surface area contributed by atoms with E-state index in [4.69, 9.17) is 10.8 Å². The standard InChI is InChI=1S/C11H18N2O/c1-8-6-10(12)4-5-11(8)13(3)9(2)7-14/h4-6,9,14H,7,12H2,1-3H3. The van der Waals surface area contributed by atoms with E-state index in [1.807, 2.05) is 39.1 Å². The maximum atomic E-state index is 9.05. The molecule has 3 heteroatoms. The molecule has 0 saturated heterocycles. The van der Waals surface area contributed by atoms with E-state index in [-0.39, 0.29) is 12.6 Å². The summed E-state index contributed by atoms with van der Waals surface area (Å²) in [5.41, 5.74) is 8.69. The van der Waals surface area contributed by atoms with E-state index < -0.39 is 0 Å². The Labute approximate surface area is 85.2 Å². The van der Waals surface area contributed by atoms with Crippen LogP contribution in [-0.4, -0.2) is 24.8 Å². The monoisotopic (exact) mass is 194 g/mol. The molecule has 0 aromatic heterocycles. The number of benzene rings is 1. The van der Waals surface area contributed by atoms with Crippen molar-refractivity contribution in [2.75, 3.05) is 24.3 Å². The van der Waals surface area contributed by atoms with Crippen molar-refractivity contribution in [3.63, 3.8) is 0 Å². The van der Waals surface area contributed by atoms with Crippen LogP contribution in [0.4, 0.5) is 11.4 Å². The summed E-state index contributed by atoms with van der Waals surface area (Å²) in [4.78, 5) is 2.05. The predicted molar refractivity (Wildman–Crippen MR) is 60.5 cm³/mol. The summed E-state index contributed by atoms with van der Waals surface area (Å²) in [7, 11) is 1.97. The minimum atomic E-state index is 0.123. The normalized spacial score (nSPS) is 12.6. The Morgan fingerprint density at radius 3 is 2.64 bits per heavy atom. The van der Waals surface area contributed by atoms with Crippen LogP contribution in [0.1, 0.15) is 12.5 Å². The number of rotatable bonds is 3. The Morgan fingerprint density at radius 2 is 2.14 bits per heavy atom. The van der Waals surface area contributed by atoms with Crippen LogP contribution in [0, 0.1) is 6.92 Å². The molecule has 0 amide bonds. The molecule has 1 unspecified atom stereocenters. The van der Waals surface area contributed by atoms with Crippen molar-refractivity contribution < 1.29 is 5.11 Å². The van der Waals surface area contributed by atoms with Crippen LogP contribution >= 0.6 is 0 Å². The van der Waals surface area contributed by atoms with Crippen molar-refractivity contribution in [2.45, 2.75) is 19.9 Å². The van der Waals surface area contributed by atoms with Crippen molar-refractivity contribution in [1.29, 1.82) is 0 Å². The quantitative estimate of drug-likeness (QED) is 0.715. The van der Waals surface area contributed by atoms with Gasteiger partial charge in [-0.3, -0.25) is 0 Å². The second-order valence-corrected chi connectivity index (χ2v) is 3.69. The molecule has 0 aliphatic carbocycles. The zero-order valence-electron chi connectivity index (χ0n) is 8.99. The zero-order chi connectivity index (χ0) is 10.7. The molecule has 0 spiro atoms. The molecule has 0 aliphatic heterocycles. The van der Waals surface area contributed by atoms with E-state index in [2.05, 4.69) is 4.90 Å². The number of hydrogen-bond donors (Lipinski definition) is 2. The SMILES string of the molecule is Cc1cc(N)ccc1N(C)C(C)CO. The highest BCUT2D eigenvalue weighted by Gasteiger charge is 2.10. The van der Waals surface area contributed by atoms with Gasteiger partial charge in [-0.25, -0.2) is 0 Å². The summed E-state index contributed by atoms with van der Waals surface area (Å²) in [6.45, 7) is 4.16. The first kappa shape index (κ1) is 10.9. The molecule has 14 heavy (non-hydrogen) atoms. The molecule has 1 aromatic carbocycles. The number of anilines is 2. The maximum Gasteiger partial charge on any atom is 0.0632 e. The van der Waals surface area contributed by atoms with Gasteiger partial charge < -0.3 is 15.7 Å². The topological polar surface area (TPSA) is 49.5 Å². The Hall–Kier alpha value is -1.22. The fourth-order valence-electron chi connectivity index (χ4n) is 1.43. The van der Waals surface area contributed by atoms with E-state index in [1.165, 1.54) is 0 Å². The van der Waals surface area contributed by atoms with Gasteiger partial charge in [0, 0.05) is 24.5 Å². The van der Waals surface area contributed by atoms with Gasteiger partial charge in [-0.2, -0.15) is 0 Å². The summed E-state index contributed by atoms with van der Waals surface area (Å²) < 4.78 is 0. The van der Waals surface area contributed by atoms with Gasteiger partial charge in [0.25, 0.3) is 0 Å². The third kappa shape index (κ3) is 2.17. The fraction of sp³-hybridized carbons (Fsp3) is 0.455. The van der Waals surface area contributed by atoms with Crippen LogP contribution in [0.15, 0.2) is 18.2 Å². The number of hydrogen-bond acceptors (Lipinski definition) is 3. The number of nitrogens with two attached hydrogens (primary N) is 1. The molecule has 0 heterocycles. The largest absolute Gasteiger partial charge is 0.399 e. The van der Waals surface area contributed by atoms with Crippen LogP contribution < -0.4 is 10.6 Å². The summed E-state index contributed by atoms with van der Waals surface area (Å²) >= 11 is 0. The predicted octanol–water partition coefficient (Wildman–Crippen LogP) is 1.39. The average molecular weight is 194 g/mol. The first-order valence-corrected chi connectivity index (χ1v) is 4.76. The van der Waals surface area contributed by atoms with Crippen molar-refractivity contribution >= 4 is 11.4 Å². The molecule has 3 nitrogen and oxygen atoms in total. The van der Waals surface area contributed by atoms with E-state index in [0.29, 0.717) is 0 Å². The average Bonchev–Trinajstić information content (AvgIpc) is 2.15. The molecule has 0 aliphatic rings. The molecule has 1 atom stereocenters. The lowest BCUT2D eigenvalue weighted by atomic mass is 10.1. The molecular formula is C11H18N2O. The van der Waals surface area contributed by atoms with E-state index in [0.717, 1.165) is 16.9 Å². The number of likely N-dealkylation sites (N-methyl/N-ethyl adjacent to an activating group) is 1. The van der Waals surface area contributed by atoms with Crippen LogP contribution in [0.5, 0.6) is 0 Å². The lowest BCUT2D eigenvalue weighted by Gasteiger charge is -2.27. The van der Waals surface area contributed by atoms with E-state index in [1.54, 1.807) is 0 Å². The highest BCUT2D eigenvalue weighted by atomic mass is 16.3. The van der Waals surface area contributed by atoms with Gasteiger partial charge in [-0.05, 0) is 37.6 Å². The fourth-order valence-corrected chi connectivity index (χ4v) is 1.43. The number of aliphatic hydroxyl groups excluding tert-OH is 1. The Bertz CT molecular complexity index is 312. The number of aryl methyl sites for hydroxylation is 1. The maximum absolute atomic E-state index is 9.05. The highest BCUT2D eigenvalue weighted by molar-refractivity contribution is 5.59. The second kappa shape index (κ2) is 4.33. The van der Waals surface area contributed by atoms with Gasteiger partial charge in [0.2, 0.25) is 0 Å². The molecule has 0 fully saturated rings. The minimum Gasteiger partial charge on any atom is -0.399 e. The molecule has 78 valence electrons. The first-order chi connectivity index (χ1) is 6.56. The Kier molecular flexibility index (Phi) is 3.36. The van der Waals surface area contributed by atoms with Gasteiger partial charge in [0.15, 0.2) is 0 Å². The van der Waals surface area contributed by atoms with Crippen LogP contribution in [0.2, 0.25) is 0 Å². The number of nitrogens with zero attached hydrogens (tertiary/aromatic N) is 1. The van der Waals surface area contributed by atoms with Crippen LogP contribution in [-0.2, 0) is 0 Å². The molecule has 3 N–H and O–H groups in total. The Balaban J connectivity index is 2.95. The summed E-state index contributed by atoms with van der Waals surface area (Å²) in [6, 6.07) is 5.92. The number of nitrogen functional groups attached to an aromatic ring is 1. The van der Waals surface area contributed by atoms with Crippen molar-refractivity contribution in [3.8, 4) is 0 Å². The molecule has 0 radical (unpaired) electrons. The minimum absolute atomic E-state index is 0.123. The molecule has 0 saturated carbocycles. The van der Waals surface area contributed by atoms with Crippen molar-refractivity contribution in [1.82, 2.24) is 0 Å². The molecule has 1 aromatic rings. The smallest absolute Gasteiger partial charge is 0.0632 e. The van der Waals surface area contributed by atoms with Gasteiger partial charge in [0.1, 0.15) is 0 Å². The lowest BCUT2D eigenvalue weighted by molar-refractivity contribution is 0.270. The molecule has 1 rings (SSSR count).